The van der Waals surface area contributed by atoms with E-state index in [4.69, 9.17) is 0 Å². The van der Waals surface area contributed by atoms with E-state index in [0.29, 0.717) is 30.6 Å². The van der Waals surface area contributed by atoms with Gasteiger partial charge in [0.2, 0.25) is 0 Å². The van der Waals surface area contributed by atoms with Crippen LogP contribution in [0.4, 0.5) is 5.69 Å². The molecular weight excluding hydrogens is 304 g/mol. The van der Waals surface area contributed by atoms with Gasteiger partial charge in [-0.25, -0.2) is 0 Å². The summed E-state index contributed by atoms with van der Waals surface area (Å²) in [5.41, 5.74) is 2.73. The summed E-state index contributed by atoms with van der Waals surface area (Å²) >= 11 is 0. The second-order valence-corrected chi connectivity index (χ2v) is 6.68. The minimum absolute atomic E-state index is 0.00382. The number of hydrogen-bond acceptors (Lipinski definition) is 3. The molecule has 1 atom stereocenters. The van der Waals surface area contributed by atoms with E-state index in [1.807, 2.05) is 31.2 Å². The van der Waals surface area contributed by atoms with Crippen LogP contribution in [0.1, 0.15) is 45.3 Å². The Hall–Kier alpha value is -2.69. The van der Waals surface area contributed by atoms with Crippen LogP contribution >= 0.6 is 0 Å². The number of H-pyrrole nitrogens is 1. The van der Waals surface area contributed by atoms with Gasteiger partial charge in [-0.15, -0.1) is 0 Å². The van der Waals surface area contributed by atoms with Crippen LogP contribution in [0.5, 0.6) is 0 Å². The van der Waals surface area contributed by atoms with Gasteiger partial charge in [-0.05, 0) is 36.5 Å². The maximum Gasteiger partial charge on any atom is 0.263 e. The summed E-state index contributed by atoms with van der Waals surface area (Å²) in [6.07, 6.45) is 1.90. The first-order valence-electron chi connectivity index (χ1n) is 8.24. The Kier molecular flexibility index (Phi) is 3.37. The Balaban J connectivity index is 1.75. The molecule has 1 aliphatic heterocycles. The van der Waals surface area contributed by atoms with Gasteiger partial charge in [0.25, 0.3) is 11.5 Å². The molecule has 0 spiro atoms. The van der Waals surface area contributed by atoms with Gasteiger partial charge < -0.3 is 9.88 Å². The van der Waals surface area contributed by atoms with Gasteiger partial charge in [0.15, 0.2) is 5.78 Å². The molecule has 1 N–H and O–H groups in total. The molecule has 0 saturated carbocycles. The van der Waals surface area contributed by atoms with Crippen molar-refractivity contribution < 1.29 is 9.59 Å². The van der Waals surface area contributed by atoms with Crippen LogP contribution in [0.2, 0.25) is 0 Å². The lowest BCUT2D eigenvalue weighted by Crippen LogP contribution is -2.35. The third kappa shape index (κ3) is 2.28. The summed E-state index contributed by atoms with van der Waals surface area (Å²) < 4.78 is 0. The maximum absolute atomic E-state index is 12.9. The van der Waals surface area contributed by atoms with E-state index in [0.717, 1.165) is 17.7 Å². The third-order valence-corrected chi connectivity index (χ3v) is 4.87. The Morgan fingerprint density at radius 1 is 1.21 bits per heavy atom. The number of hydrogen-bond donors (Lipinski definition) is 1. The SMILES string of the molecule is C[C@H]1CC(=O)c2cc(C(=O)N3CCc4ccccc43)c(=O)[nH]c2C1. The number of ketones is 1. The van der Waals surface area contributed by atoms with Crippen molar-refractivity contribution in [2.75, 3.05) is 11.4 Å². The van der Waals surface area contributed by atoms with E-state index < -0.39 is 5.56 Å². The van der Waals surface area contributed by atoms with Crippen molar-refractivity contribution in [3.05, 3.63) is 63.1 Å². The van der Waals surface area contributed by atoms with Gasteiger partial charge in [-0.2, -0.15) is 0 Å². The van der Waals surface area contributed by atoms with Crippen molar-refractivity contribution >= 4 is 17.4 Å². The zero-order chi connectivity index (χ0) is 16.8. The number of rotatable bonds is 1. The highest BCUT2D eigenvalue weighted by Crippen LogP contribution is 2.29. The molecule has 1 aromatic carbocycles. The van der Waals surface area contributed by atoms with Crippen molar-refractivity contribution in [3.8, 4) is 0 Å². The van der Waals surface area contributed by atoms with Crippen LogP contribution in [0.25, 0.3) is 0 Å². The van der Waals surface area contributed by atoms with Gasteiger partial charge in [-0.1, -0.05) is 25.1 Å². The number of para-hydroxylation sites is 1. The first kappa shape index (κ1) is 14.9. The number of nitrogens with zero attached hydrogens (tertiary/aromatic N) is 1. The molecule has 0 bridgehead atoms. The lowest BCUT2D eigenvalue weighted by atomic mass is 9.86. The fourth-order valence-electron chi connectivity index (χ4n) is 3.68. The number of carbonyl (C=O) groups is 2. The minimum Gasteiger partial charge on any atom is -0.325 e. The second-order valence-electron chi connectivity index (χ2n) is 6.68. The number of nitrogens with one attached hydrogen (secondary N) is 1. The Labute approximate surface area is 139 Å². The van der Waals surface area contributed by atoms with Crippen molar-refractivity contribution in [3.63, 3.8) is 0 Å². The smallest absolute Gasteiger partial charge is 0.263 e. The van der Waals surface area contributed by atoms with Crippen molar-refractivity contribution in [1.29, 1.82) is 0 Å². The summed E-state index contributed by atoms with van der Waals surface area (Å²) in [5, 5.41) is 0. The Morgan fingerprint density at radius 3 is 2.83 bits per heavy atom. The van der Waals surface area contributed by atoms with Crippen LogP contribution < -0.4 is 10.5 Å². The summed E-state index contributed by atoms with van der Waals surface area (Å²) in [7, 11) is 0. The fraction of sp³-hybridized carbons (Fsp3) is 0.316. The lowest BCUT2D eigenvalue weighted by Gasteiger charge is -2.22. The first-order valence-corrected chi connectivity index (χ1v) is 8.24. The molecule has 2 aliphatic rings. The fourth-order valence-corrected chi connectivity index (χ4v) is 3.68. The molecule has 1 aliphatic carbocycles. The molecule has 2 heterocycles. The van der Waals surface area contributed by atoms with Crippen molar-refractivity contribution in [1.82, 2.24) is 4.98 Å². The number of aromatic nitrogens is 1. The van der Waals surface area contributed by atoms with Crippen molar-refractivity contribution in [2.24, 2.45) is 5.92 Å². The standard InChI is InChI=1S/C19H18N2O3/c1-11-8-15-13(17(22)9-11)10-14(18(23)20-15)19(24)21-7-6-12-4-2-3-5-16(12)21/h2-5,10-11H,6-9H2,1H3,(H,20,23)/t11-/m1/s1. The average Bonchev–Trinajstić information content (AvgIpc) is 2.97. The highest BCUT2D eigenvalue weighted by Gasteiger charge is 2.30. The van der Waals surface area contributed by atoms with Gasteiger partial charge in [0, 0.05) is 29.9 Å². The number of fused-ring (bicyclic) bond motifs is 2. The van der Waals surface area contributed by atoms with Crippen LogP contribution in [0.15, 0.2) is 35.1 Å². The van der Waals surface area contributed by atoms with Crippen LogP contribution in [0.3, 0.4) is 0 Å². The molecular formula is C19H18N2O3. The summed E-state index contributed by atoms with van der Waals surface area (Å²) in [6, 6.07) is 9.20. The molecule has 4 rings (SSSR count). The van der Waals surface area contributed by atoms with E-state index in [2.05, 4.69) is 4.98 Å². The monoisotopic (exact) mass is 322 g/mol. The van der Waals surface area contributed by atoms with Gasteiger partial charge in [0.05, 0.1) is 0 Å². The number of amides is 1. The molecule has 5 heteroatoms. The van der Waals surface area contributed by atoms with Gasteiger partial charge >= 0.3 is 0 Å². The van der Waals surface area contributed by atoms with E-state index in [1.54, 1.807) is 4.90 Å². The zero-order valence-corrected chi connectivity index (χ0v) is 13.5. The highest BCUT2D eigenvalue weighted by atomic mass is 16.2. The third-order valence-electron chi connectivity index (χ3n) is 4.87. The lowest BCUT2D eigenvalue weighted by molar-refractivity contribution is 0.0952. The largest absolute Gasteiger partial charge is 0.325 e. The molecule has 0 saturated heterocycles. The average molecular weight is 322 g/mol. The molecule has 5 nitrogen and oxygen atoms in total. The van der Waals surface area contributed by atoms with E-state index in [-0.39, 0.29) is 23.2 Å². The molecule has 1 aromatic heterocycles. The Bertz CT molecular complexity index is 913. The molecule has 0 unspecified atom stereocenters. The molecule has 122 valence electrons. The second kappa shape index (κ2) is 5.44. The number of Topliss-reactive ketones (excluding diaryl/α,β-unsaturated/α-hetero) is 1. The molecule has 1 amide bonds. The number of benzene rings is 1. The number of aromatic amines is 1. The van der Waals surface area contributed by atoms with Crippen molar-refractivity contribution in [2.45, 2.75) is 26.2 Å². The Morgan fingerprint density at radius 2 is 2.00 bits per heavy atom. The predicted molar refractivity (Wildman–Crippen MR) is 90.7 cm³/mol. The molecule has 0 radical (unpaired) electrons. The van der Waals surface area contributed by atoms with Crippen LogP contribution in [0, 0.1) is 5.92 Å². The van der Waals surface area contributed by atoms with Gasteiger partial charge in [0.1, 0.15) is 5.56 Å². The minimum atomic E-state index is -0.412. The van der Waals surface area contributed by atoms with E-state index in [1.165, 1.54) is 6.07 Å². The van der Waals surface area contributed by atoms with E-state index in [9.17, 15) is 14.4 Å². The van der Waals surface area contributed by atoms with Crippen LogP contribution in [-0.2, 0) is 12.8 Å². The van der Waals surface area contributed by atoms with E-state index >= 15 is 0 Å². The molecule has 24 heavy (non-hydrogen) atoms. The maximum atomic E-state index is 12.9. The summed E-state index contributed by atoms with van der Waals surface area (Å²) in [5.74, 6) is -0.126. The first-order chi connectivity index (χ1) is 11.5. The quantitative estimate of drug-likeness (QED) is 0.876. The van der Waals surface area contributed by atoms with Gasteiger partial charge in [-0.3, -0.25) is 14.4 Å². The highest BCUT2D eigenvalue weighted by molar-refractivity contribution is 6.09. The molecule has 0 fully saturated rings. The predicted octanol–water partition coefficient (Wildman–Crippen LogP) is 2.34. The zero-order valence-electron chi connectivity index (χ0n) is 13.5. The summed E-state index contributed by atoms with van der Waals surface area (Å²) in [4.78, 5) is 41.9. The molecule has 2 aromatic rings. The van der Waals surface area contributed by atoms with Crippen LogP contribution in [-0.4, -0.2) is 23.2 Å². The number of anilines is 1. The topological polar surface area (TPSA) is 70.2 Å². The number of carbonyl (C=O) groups excluding carboxylic acids is 2. The normalized spacial score (nSPS) is 19.1. The number of pyridine rings is 1. The summed E-state index contributed by atoms with van der Waals surface area (Å²) in [6.45, 7) is 2.54.